The number of benzene rings is 1. The molecule has 0 N–H and O–H groups in total. The number of thioether (sulfide) groups is 1. The van der Waals surface area contributed by atoms with E-state index < -0.39 is 11.0 Å². The Morgan fingerprint density at radius 2 is 2.10 bits per heavy atom. The number of carbonyl (C=O) groups excluding carboxylic acids is 2. The number of halogens is 1. The van der Waals surface area contributed by atoms with Crippen LogP contribution in [0.4, 0.5) is 0 Å². The Morgan fingerprint density at radius 1 is 1.30 bits per heavy atom. The lowest BCUT2D eigenvalue weighted by atomic mass is 9.89. The Morgan fingerprint density at radius 3 is 2.85 bits per heavy atom. The van der Waals surface area contributed by atoms with Gasteiger partial charge in [-0.2, -0.15) is 0 Å². The summed E-state index contributed by atoms with van der Waals surface area (Å²) in [5.41, 5.74) is 0.839. The SMILES string of the molecule is CCCCCSC12OC1C(=O)c1cc(Cl)ccc1C2=O. The van der Waals surface area contributed by atoms with Gasteiger partial charge in [-0.25, -0.2) is 0 Å². The summed E-state index contributed by atoms with van der Waals surface area (Å²) in [5.74, 6) is 0.632. The summed E-state index contributed by atoms with van der Waals surface area (Å²) in [6, 6.07) is 4.83. The summed E-state index contributed by atoms with van der Waals surface area (Å²) in [6.45, 7) is 2.13. The molecule has 2 unspecified atom stereocenters. The fourth-order valence-electron chi connectivity index (χ4n) is 2.54. The molecule has 2 aliphatic rings. The van der Waals surface area contributed by atoms with E-state index in [1.807, 2.05) is 0 Å². The molecule has 5 heteroatoms. The third kappa shape index (κ3) is 2.10. The van der Waals surface area contributed by atoms with Gasteiger partial charge < -0.3 is 4.74 Å². The molecule has 1 aliphatic heterocycles. The first kappa shape index (κ1) is 14.1. The van der Waals surface area contributed by atoms with Crippen molar-refractivity contribution in [2.24, 2.45) is 0 Å². The van der Waals surface area contributed by atoms with Crippen molar-refractivity contribution >= 4 is 34.9 Å². The second kappa shape index (κ2) is 5.17. The summed E-state index contributed by atoms with van der Waals surface area (Å²) in [7, 11) is 0. The number of carbonyl (C=O) groups is 2. The van der Waals surface area contributed by atoms with Gasteiger partial charge in [-0.3, -0.25) is 9.59 Å². The van der Waals surface area contributed by atoms with Crippen LogP contribution in [0.15, 0.2) is 18.2 Å². The molecule has 3 nitrogen and oxygen atoms in total. The van der Waals surface area contributed by atoms with Crippen LogP contribution in [0, 0.1) is 0 Å². The molecule has 0 amide bonds. The monoisotopic (exact) mass is 310 g/mol. The fraction of sp³-hybridized carbons (Fsp3) is 0.467. The first-order valence-corrected chi connectivity index (χ1v) is 8.17. The number of ether oxygens (including phenoxy) is 1. The Kier molecular flexibility index (Phi) is 3.65. The topological polar surface area (TPSA) is 46.7 Å². The van der Waals surface area contributed by atoms with E-state index in [9.17, 15) is 9.59 Å². The summed E-state index contributed by atoms with van der Waals surface area (Å²) in [5, 5.41) is 0.466. The second-order valence-electron chi connectivity index (χ2n) is 5.10. The largest absolute Gasteiger partial charge is 0.337 e. The number of hydrogen-bond acceptors (Lipinski definition) is 4. The van der Waals surface area contributed by atoms with Crippen molar-refractivity contribution in [1.82, 2.24) is 0 Å². The van der Waals surface area contributed by atoms with Crippen LogP contribution in [0.3, 0.4) is 0 Å². The van der Waals surface area contributed by atoms with Crippen molar-refractivity contribution in [2.75, 3.05) is 5.75 Å². The third-order valence-corrected chi connectivity index (χ3v) is 5.34. The predicted molar refractivity (Wildman–Crippen MR) is 79.7 cm³/mol. The zero-order valence-electron chi connectivity index (χ0n) is 11.1. The minimum atomic E-state index is -0.953. The van der Waals surface area contributed by atoms with E-state index >= 15 is 0 Å². The maximum absolute atomic E-state index is 12.6. The minimum absolute atomic E-state index is 0.0877. The average molecular weight is 311 g/mol. The maximum atomic E-state index is 12.6. The van der Waals surface area contributed by atoms with Gasteiger partial charge in [0.05, 0.1) is 0 Å². The van der Waals surface area contributed by atoms with E-state index in [2.05, 4.69) is 6.92 Å². The molecular formula is C15H15ClO3S. The van der Waals surface area contributed by atoms with E-state index in [1.54, 1.807) is 18.2 Å². The van der Waals surface area contributed by atoms with E-state index in [1.165, 1.54) is 11.8 Å². The van der Waals surface area contributed by atoms with Gasteiger partial charge in [0.15, 0.2) is 11.9 Å². The van der Waals surface area contributed by atoms with Gasteiger partial charge in [0, 0.05) is 16.1 Å². The summed E-state index contributed by atoms with van der Waals surface area (Å²) < 4.78 is 5.51. The van der Waals surface area contributed by atoms with Crippen LogP contribution in [0.2, 0.25) is 5.02 Å². The van der Waals surface area contributed by atoms with E-state index in [0.29, 0.717) is 16.1 Å². The van der Waals surface area contributed by atoms with Crippen molar-refractivity contribution in [3.8, 4) is 0 Å². The number of ketones is 2. The summed E-state index contributed by atoms with van der Waals surface area (Å²) in [4.78, 5) is 23.9. The fourth-order valence-corrected chi connectivity index (χ4v) is 4.03. The molecule has 1 aliphatic carbocycles. The van der Waals surface area contributed by atoms with Crippen LogP contribution < -0.4 is 0 Å². The van der Waals surface area contributed by atoms with Gasteiger partial charge in [0.25, 0.3) is 0 Å². The lowest BCUT2D eigenvalue weighted by molar-refractivity contribution is 0.0911. The summed E-state index contributed by atoms with van der Waals surface area (Å²) in [6.07, 6.45) is 2.68. The zero-order valence-corrected chi connectivity index (χ0v) is 12.7. The molecule has 106 valence electrons. The standard InChI is InChI=1S/C15H15ClO3S/c1-2-3-4-7-20-15-13(18)10-6-5-9(16)8-11(10)12(17)14(15)19-15/h5-6,8,14H,2-4,7H2,1H3. The minimum Gasteiger partial charge on any atom is -0.337 e. The Hall–Kier alpha value is -0.840. The number of Topliss-reactive ketones (excluding diaryl/α,β-unsaturated/α-hetero) is 2. The van der Waals surface area contributed by atoms with Crippen LogP contribution in [-0.2, 0) is 4.74 Å². The maximum Gasteiger partial charge on any atom is 0.211 e. The summed E-state index contributed by atoms with van der Waals surface area (Å²) >= 11 is 7.36. The number of fused-ring (bicyclic) bond motifs is 2. The highest BCUT2D eigenvalue weighted by Gasteiger charge is 2.69. The van der Waals surface area contributed by atoms with Gasteiger partial charge in [-0.1, -0.05) is 31.4 Å². The molecule has 1 saturated heterocycles. The first-order chi connectivity index (χ1) is 9.60. The molecule has 1 aromatic carbocycles. The zero-order chi connectivity index (χ0) is 14.3. The highest BCUT2D eigenvalue weighted by Crippen LogP contribution is 2.53. The third-order valence-electron chi connectivity index (χ3n) is 3.69. The van der Waals surface area contributed by atoms with Crippen LogP contribution in [0.1, 0.15) is 46.9 Å². The molecule has 0 radical (unpaired) electrons. The number of epoxide rings is 1. The highest BCUT2D eigenvalue weighted by atomic mass is 35.5. The highest BCUT2D eigenvalue weighted by molar-refractivity contribution is 8.01. The van der Waals surface area contributed by atoms with E-state index in [4.69, 9.17) is 16.3 Å². The van der Waals surface area contributed by atoms with Crippen molar-refractivity contribution in [1.29, 1.82) is 0 Å². The molecule has 1 aromatic rings. The van der Waals surface area contributed by atoms with E-state index in [0.717, 1.165) is 25.0 Å². The van der Waals surface area contributed by atoms with E-state index in [-0.39, 0.29) is 11.6 Å². The molecule has 0 spiro atoms. The van der Waals surface area contributed by atoms with Gasteiger partial charge in [-0.05, 0) is 30.4 Å². The molecule has 0 aromatic heterocycles. The molecule has 0 saturated carbocycles. The average Bonchev–Trinajstić information content (AvgIpc) is 3.18. The number of unbranched alkanes of at least 4 members (excludes halogenated alkanes) is 2. The lowest BCUT2D eigenvalue weighted by Crippen LogP contribution is -2.34. The molecule has 0 bridgehead atoms. The van der Waals surface area contributed by atoms with Crippen LogP contribution >= 0.6 is 23.4 Å². The van der Waals surface area contributed by atoms with Gasteiger partial charge in [-0.15, -0.1) is 11.8 Å². The Labute approximate surface area is 127 Å². The Balaban J connectivity index is 1.83. The molecule has 1 heterocycles. The lowest BCUT2D eigenvalue weighted by Gasteiger charge is -2.18. The molecular weight excluding hydrogens is 296 g/mol. The molecule has 2 atom stereocenters. The number of hydrogen-bond donors (Lipinski definition) is 0. The van der Waals surface area contributed by atoms with Crippen LogP contribution in [-0.4, -0.2) is 28.4 Å². The molecule has 1 fully saturated rings. The normalized spacial score (nSPS) is 27.2. The van der Waals surface area contributed by atoms with Gasteiger partial charge in [0.1, 0.15) is 0 Å². The second-order valence-corrected chi connectivity index (χ2v) is 6.84. The van der Waals surface area contributed by atoms with Crippen molar-refractivity contribution in [2.45, 2.75) is 37.2 Å². The quantitative estimate of drug-likeness (QED) is 0.614. The van der Waals surface area contributed by atoms with Crippen molar-refractivity contribution in [3.63, 3.8) is 0 Å². The van der Waals surface area contributed by atoms with Crippen LogP contribution in [0.5, 0.6) is 0 Å². The van der Waals surface area contributed by atoms with Gasteiger partial charge in [0.2, 0.25) is 10.7 Å². The molecule has 20 heavy (non-hydrogen) atoms. The predicted octanol–water partition coefficient (Wildman–Crippen LogP) is 3.74. The van der Waals surface area contributed by atoms with Crippen molar-refractivity contribution < 1.29 is 14.3 Å². The van der Waals surface area contributed by atoms with Gasteiger partial charge >= 0.3 is 0 Å². The molecule has 3 rings (SSSR count). The smallest absolute Gasteiger partial charge is 0.211 e. The van der Waals surface area contributed by atoms with Crippen LogP contribution in [0.25, 0.3) is 0 Å². The van der Waals surface area contributed by atoms with Crippen molar-refractivity contribution in [3.05, 3.63) is 34.3 Å². The first-order valence-electron chi connectivity index (χ1n) is 6.80. The Bertz CT molecular complexity index is 586. The number of rotatable bonds is 5.